The molecule has 0 aliphatic rings. The van der Waals surface area contributed by atoms with Crippen molar-refractivity contribution < 1.29 is 9.47 Å². The zero-order chi connectivity index (χ0) is 12.0. The van der Waals surface area contributed by atoms with E-state index in [0.717, 1.165) is 30.2 Å². The minimum absolute atomic E-state index is 0.189. The van der Waals surface area contributed by atoms with Gasteiger partial charge in [-0.15, -0.1) is 0 Å². The van der Waals surface area contributed by atoms with Crippen molar-refractivity contribution in [1.82, 2.24) is 5.32 Å². The Balaban J connectivity index is 2.87. The average Bonchev–Trinajstić information content (AvgIpc) is 2.27. The molecule has 1 N–H and O–H groups in total. The molecule has 0 bridgehead atoms. The smallest absolute Gasteiger partial charge is 0.124 e. The van der Waals surface area contributed by atoms with Gasteiger partial charge in [0.25, 0.3) is 0 Å². The van der Waals surface area contributed by atoms with E-state index in [1.807, 2.05) is 32.0 Å². The van der Waals surface area contributed by atoms with Gasteiger partial charge in [-0.25, -0.2) is 0 Å². The topological polar surface area (TPSA) is 30.5 Å². The van der Waals surface area contributed by atoms with Gasteiger partial charge in [0.2, 0.25) is 0 Å². The number of nitrogens with one attached hydrogen (secondary N) is 1. The first-order valence-corrected chi connectivity index (χ1v) is 5.71. The van der Waals surface area contributed by atoms with Crippen LogP contribution in [-0.4, -0.2) is 19.8 Å². The molecule has 0 saturated heterocycles. The molecule has 0 amide bonds. The Morgan fingerprint density at radius 2 is 2.06 bits per heavy atom. The average molecular weight is 223 g/mol. The lowest BCUT2D eigenvalue weighted by atomic mass is 10.2. The van der Waals surface area contributed by atoms with Crippen molar-refractivity contribution >= 4 is 0 Å². The summed E-state index contributed by atoms with van der Waals surface area (Å²) in [6, 6.07) is 5.90. The SMILES string of the molecule is CCNCc1cc(OC)ccc1OC(C)C. The van der Waals surface area contributed by atoms with Crippen LogP contribution in [-0.2, 0) is 6.54 Å². The molecule has 0 saturated carbocycles. The molecule has 0 heterocycles. The van der Waals surface area contributed by atoms with Gasteiger partial charge in [-0.3, -0.25) is 0 Å². The van der Waals surface area contributed by atoms with Crippen LogP contribution in [0.2, 0.25) is 0 Å². The fourth-order valence-electron chi connectivity index (χ4n) is 1.45. The van der Waals surface area contributed by atoms with Crippen molar-refractivity contribution in [2.75, 3.05) is 13.7 Å². The maximum atomic E-state index is 5.75. The molecule has 3 heteroatoms. The molecule has 0 aromatic heterocycles. The highest BCUT2D eigenvalue weighted by molar-refractivity contribution is 5.40. The van der Waals surface area contributed by atoms with Gasteiger partial charge in [0.1, 0.15) is 11.5 Å². The summed E-state index contributed by atoms with van der Waals surface area (Å²) in [5.41, 5.74) is 1.13. The van der Waals surface area contributed by atoms with Crippen LogP contribution in [0.4, 0.5) is 0 Å². The fraction of sp³-hybridized carbons (Fsp3) is 0.538. The van der Waals surface area contributed by atoms with Crippen LogP contribution >= 0.6 is 0 Å². The molecule has 0 aliphatic heterocycles. The quantitative estimate of drug-likeness (QED) is 0.804. The lowest BCUT2D eigenvalue weighted by Gasteiger charge is -2.15. The second-order valence-electron chi connectivity index (χ2n) is 3.92. The fourth-order valence-corrected chi connectivity index (χ4v) is 1.45. The van der Waals surface area contributed by atoms with Crippen molar-refractivity contribution in [3.05, 3.63) is 23.8 Å². The predicted molar refractivity (Wildman–Crippen MR) is 66.1 cm³/mol. The molecule has 1 rings (SSSR count). The van der Waals surface area contributed by atoms with Gasteiger partial charge in [0, 0.05) is 12.1 Å². The van der Waals surface area contributed by atoms with Crippen LogP contribution in [0.5, 0.6) is 11.5 Å². The van der Waals surface area contributed by atoms with E-state index in [0.29, 0.717) is 0 Å². The third-order valence-corrected chi connectivity index (χ3v) is 2.20. The maximum Gasteiger partial charge on any atom is 0.124 e. The molecular weight excluding hydrogens is 202 g/mol. The highest BCUT2D eigenvalue weighted by atomic mass is 16.5. The van der Waals surface area contributed by atoms with Gasteiger partial charge >= 0.3 is 0 Å². The first-order valence-electron chi connectivity index (χ1n) is 5.71. The Kier molecular flexibility index (Phi) is 5.12. The summed E-state index contributed by atoms with van der Waals surface area (Å²) in [5, 5.41) is 3.29. The van der Waals surface area contributed by atoms with Gasteiger partial charge in [-0.1, -0.05) is 6.92 Å². The second-order valence-corrected chi connectivity index (χ2v) is 3.92. The molecule has 90 valence electrons. The second kappa shape index (κ2) is 6.38. The monoisotopic (exact) mass is 223 g/mol. The minimum atomic E-state index is 0.189. The molecule has 3 nitrogen and oxygen atoms in total. The van der Waals surface area contributed by atoms with Crippen molar-refractivity contribution in [1.29, 1.82) is 0 Å². The Hall–Kier alpha value is -1.22. The standard InChI is InChI=1S/C13H21NO2/c1-5-14-9-11-8-12(15-4)6-7-13(11)16-10(2)3/h6-8,10,14H,5,9H2,1-4H3. The van der Waals surface area contributed by atoms with E-state index in [1.165, 1.54) is 0 Å². The van der Waals surface area contributed by atoms with Crippen LogP contribution in [0.25, 0.3) is 0 Å². The predicted octanol–water partition coefficient (Wildman–Crippen LogP) is 2.59. The molecule has 0 aliphatic carbocycles. The van der Waals surface area contributed by atoms with Crippen molar-refractivity contribution in [2.45, 2.75) is 33.4 Å². The maximum absolute atomic E-state index is 5.75. The van der Waals surface area contributed by atoms with Crippen molar-refractivity contribution in [2.24, 2.45) is 0 Å². The summed E-state index contributed by atoms with van der Waals surface area (Å²) in [5.74, 6) is 1.79. The van der Waals surface area contributed by atoms with E-state index >= 15 is 0 Å². The molecule has 1 aromatic rings. The summed E-state index contributed by atoms with van der Waals surface area (Å²) >= 11 is 0. The summed E-state index contributed by atoms with van der Waals surface area (Å²) in [7, 11) is 1.68. The Labute approximate surface area is 97.8 Å². The Morgan fingerprint density at radius 3 is 2.62 bits per heavy atom. The largest absolute Gasteiger partial charge is 0.497 e. The molecule has 16 heavy (non-hydrogen) atoms. The molecule has 0 fully saturated rings. The lowest BCUT2D eigenvalue weighted by molar-refractivity contribution is 0.239. The zero-order valence-corrected chi connectivity index (χ0v) is 10.5. The van der Waals surface area contributed by atoms with Crippen LogP contribution in [0.3, 0.4) is 0 Å². The van der Waals surface area contributed by atoms with Crippen molar-refractivity contribution in [3.63, 3.8) is 0 Å². The van der Waals surface area contributed by atoms with E-state index in [9.17, 15) is 0 Å². The minimum Gasteiger partial charge on any atom is -0.497 e. The lowest BCUT2D eigenvalue weighted by Crippen LogP contribution is -2.14. The highest BCUT2D eigenvalue weighted by Crippen LogP contribution is 2.24. The van der Waals surface area contributed by atoms with Gasteiger partial charge in [-0.05, 0) is 38.6 Å². The first-order chi connectivity index (χ1) is 7.67. The number of ether oxygens (including phenoxy) is 2. The molecular formula is C13H21NO2. The third kappa shape index (κ3) is 3.74. The van der Waals surface area contributed by atoms with Gasteiger partial charge in [-0.2, -0.15) is 0 Å². The van der Waals surface area contributed by atoms with E-state index < -0.39 is 0 Å². The summed E-state index contributed by atoms with van der Waals surface area (Å²) in [6.07, 6.45) is 0.189. The Morgan fingerprint density at radius 1 is 1.31 bits per heavy atom. The molecule has 0 unspecified atom stereocenters. The van der Waals surface area contributed by atoms with E-state index in [4.69, 9.17) is 9.47 Å². The number of hydrogen-bond donors (Lipinski definition) is 1. The third-order valence-electron chi connectivity index (χ3n) is 2.20. The number of methoxy groups -OCH3 is 1. The number of hydrogen-bond acceptors (Lipinski definition) is 3. The molecule has 1 aromatic carbocycles. The highest BCUT2D eigenvalue weighted by Gasteiger charge is 2.06. The number of benzene rings is 1. The van der Waals surface area contributed by atoms with Gasteiger partial charge < -0.3 is 14.8 Å². The zero-order valence-electron chi connectivity index (χ0n) is 10.5. The Bertz CT molecular complexity index is 324. The van der Waals surface area contributed by atoms with Gasteiger partial charge in [0.15, 0.2) is 0 Å². The molecule has 0 spiro atoms. The van der Waals surface area contributed by atoms with Crippen LogP contribution < -0.4 is 14.8 Å². The first kappa shape index (κ1) is 12.8. The molecule has 0 radical (unpaired) electrons. The summed E-state index contributed by atoms with van der Waals surface area (Å²) in [4.78, 5) is 0. The van der Waals surface area contributed by atoms with Crippen LogP contribution in [0.15, 0.2) is 18.2 Å². The number of rotatable bonds is 6. The van der Waals surface area contributed by atoms with E-state index in [1.54, 1.807) is 7.11 Å². The van der Waals surface area contributed by atoms with Crippen LogP contribution in [0.1, 0.15) is 26.3 Å². The normalized spacial score (nSPS) is 10.6. The van der Waals surface area contributed by atoms with E-state index in [2.05, 4.69) is 12.2 Å². The summed E-state index contributed by atoms with van der Waals surface area (Å²) < 4.78 is 11.0. The van der Waals surface area contributed by atoms with Gasteiger partial charge in [0.05, 0.1) is 13.2 Å². The summed E-state index contributed by atoms with van der Waals surface area (Å²) in [6.45, 7) is 7.89. The molecule has 0 atom stereocenters. The van der Waals surface area contributed by atoms with Crippen molar-refractivity contribution in [3.8, 4) is 11.5 Å². The van der Waals surface area contributed by atoms with Crippen LogP contribution in [0, 0.1) is 0 Å². The van der Waals surface area contributed by atoms with E-state index in [-0.39, 0.29) is 6.10 Å².